The number of hydrogen-bond donors (Lipinski definition) is 1. The third-order valence-corrected chi connectivity index (χ3v) is 4.59. The molecule has 5 heteroatoms. The second kappa shape index (κ2) is 7.95. The van der Waals surface area contributed by atoms with Gasteiger partial charge in [-0.3, -0.25) is 9.58 Å². The van der Waals surface area contributed by atoms with E-state index >= 15 is 0 Å². The van der Waals surface area contributed by atoms with Crippen LogP contribution >= 0.6 is 12.4 Å². The minimum atomic E-state index is 0. The number of aromatic nitrogens is 2. The minimum Gasteiger partial charge on any atom is -0.330 e. The van der Waals surface area contributed by atoms with Gasteiger partial charge in [-0.15, -0.1) is 12.4 Å². The van der Waals surface area contributed by atoms with Crippen LogP contribution in [-0.2, 0) is 13.1 Å². The zero-order valence-electron chi connectivity index (χ0n) is 13.4. The van der Waals surface area contributed by atoms with E-state index in [9.17, 15) is 0 Å². The SMILES string of the molecule is CCn1nc(CN2CCCC(CCN)C2)c2ccccc21.Cl. The van der Waals surface area contributed by atoms with Crippen molar-refractivity contribution in [1.29, 1.82) is 0 Å². The van der Waals surface area contributed by atoms with Gasteiger partial charge in [-0.2, -0.15) is 5.10 Å². The summed E-state index contributed by atoms with van der Waals surface area (Å²) in [6, 6.07) is 8.58. The van der Waals surface area contributed by atoms with Crippen molar-refractivity contribution in [2.24, 2.45) is 11.7 Å². The van der Waals surface area contributed by atoms with Gasteiger partial charge < -0.3 is 5.73 Å². The lowest BCUT2D eigenvalue weighted by atomic mass is 9.95. The maximum absolute atomic E-state index is 5.72. The molecule has 2 heterocycles. The third kappa shape index (κ3) is 3.62. The van der Waals surface area contributed by atoms with Crippen LogP contribution < -0.4 is 5.73 Å². The normalized spacial score (nSPS) is 19.3. The Bertz CT molecular complexity index is 593. The number of piperidine rings is 1. The van der Waals surface area contributed by atoms with Gasteiger partial charge in [-0.1, -0.05) is 18.2 Å². The first kappa shape index (κ1) is 17.3. The van der Waals surface area contributed by atoms with Gasteiger partial charge in [0.15, 0.2) is 0 Å². The van der Waals surface area contributed by atoms with Gasteiger partial charge in [-0.25, -0.2) is 0 Å². The van der Waals surface area contributed by atoms with Gasteiger partial charge in [0.2, 0.25) is 0 Å². The Kier molecular flexibility index (Phi) is 6.24. The van der Waals surface area contributed by atoms with E-state index in [0.717, 1.165) is 32.0 Å². The smallest absolute Gasteiger partial charge is 0.0843 e. The highest BCUT2D eigenvalue weighted by Crippen LogP contribution is 2.24. The largest absolute Gasteiger partial charge is 0.330 e. The molecule has 3 rings (SSSR count). The van der Waals surface area contributed by atoms with E-state index in [-0.39, 0.29) is 12.4 Å². The topological polar surface area (TPSA) is 47.1 Å². The van der Waals surface area contributed by atoms with Crippen LogP contribution in [0, 0.1) is 5.92 Å². The molecule has 1 fully saturated rings. The molecule has 1 saturated heterocycles. The van der Waals surface area contributed by atoms with Crippen LogP contribution in [0.1, 0.15) is 31.9 Å². The molecule has 2 N–H and O–H groups in total. The lowest BCUT2D eigenvalue weighted by molar-refractivity contribution is 0.161. The third-order valence-electron chi connectivity index (χ3n) is 4.59. The first-order chi connectivity index (χ1) is 10.3. The van der Waals surface area contributed by atoms with Crippen molar-refractivity contribution in [2.75, 3.05) is 19.6 Å². The molecule has 0 bridgehead atoms. The highest BCUT2D eigenvalue weighted by atomic mass is 35.5. The fourth-order valence-corrected chi connectivity index (χ4v) is 3.53. The van der Waals surface area contributed by atoms with E-state index in [1.165, 1.54) is 42.5 Å². The molecule has 0 spiro atoms. The molecule has 1 aromatic carbocycles. The molecule has 0 aliphatic carbocycles. The number of aryl methyl sites for hydroxylation is 1. The monoisotopic (exact) mass is 322 g/mol. The summed E-state index contributed by atoms with van der Waals surface area (Å²) in [6.07, 6.45) is 3.77. The summed E-state index contributed by atoms with van der Waals surface area (Å²) in [6.45, 7) is 7.22. The standard InChI is InChI=1S/C17H26N4.ClH/c1-2-21-17-8-4-3-7-15(17)16(19-21)13-20-11-5-6-14(12-20)9-10-18;/h3-4,7-8,14H,2,5-6,9-13,18H2,1H3;1H. The number of rotatable bonds is 5. The van der Waals surface area contributed by atoms with Crippen molar-refractivity contribution in [3.63, 3.8) is 0 Å². The molecule has 1 aliphatic rings. The molecule has 2 aromatic rings. The van der Waals surface area contributed by atoms with Crippen LogP contribution in [0.2, 0.25) is 0 Å². The Labute approximate surface area is 139 Å². The Balaban J connectivity index is 0.00000176. The lowest BCUT2D eigenvalue weighted by Crippen LogP contribution is -2.35. The van der Waals surface area contributed by atoms with Crippen LogP contribution in [0.25, 0.3) is 10.9 Å². The van der Waals surface area contributed by atoms with Crippen molar-refractivity contribution in [1.82, 2.24) is 14.7 Å². The Morgan fingerprint density at radius 3 is 2.91 bits per heavy atom. The maximum Gasteiger partial charge on any atom is 0.0843 e. The Hall–Kier alpha value is -1.10. The van der Waals surface area contributed by atoms with Crippen molar-refractivity contribution in [2.45, 2.75) is 39.3 Å². The quantitative estimate of drug-likeness (QED) is 0.920. The predicted octanol–water partition coefficient (Wildman–Crippen LogP) is 3.04. The molecule has 1 unspecified atom stereocenters. The van der Waals surface area contributed by atoms with Crippen LogP contribution in [0.15, 0.2) is 24.3 Å². The minimum absolute atomic E-state index is 0. The molecule has 122 valence electrons. The van der Waals surface area contributed by atoms with Crippen molar-refractivity contribution < 1.29 is 0 Å². The fourth-order valence-electron chi connectivity index (χ4n) is 3.53. The summed E-state index contributed by atoms with van der Waals surface area (Å²) in [7, 11) is 0. The van der Waals surface area contributed by atoms with Gasteiger partial charge in [0.25, 0.3) is 0 Å². The second-order valence-electron chi connectivity index (χ2n) is 6.10. The summed E-state index contributed by atoms with van der Waals surface area (Å²) in [5.41, 5.74) is 8.20. The first-order valence-corrected chi connectivity index (χ1v) is 8.18. The number of likely N-dealkylation sites (tertiary alicyclic amines) is 1. The van der Waals surface area contributed by atoms with E-state index < -0.39 is 0 Å². The van der Waals surface area contributed by atoms with Gasteiger partial charge in [-0.05, 0) is 51.3 Å². The first-order valence-electron chi connectivity index (χ1n) is 8.18. The highest BCUT2D eigenvalue weighted by Gasteiger charge is 2.21. The van der Waals surface area contributed by atoms with Gasteiger partial charge in [0.05, 0.1) is 11.2 Å². The molecule has 1 aromatic heterocycles. The molecule has 0 amide bonds. The molecule has 1 atom stereocenters. The van der Waals surface area contributed by atoms with Crippen molar-refractivity contribution in [3.05, 3.63) is 30.0 Å². The predicted molar refractivity (Wildman–Crippen MR) is 94.3 cm³/mol. The zero-order valence-corrected chi connectivity index (χ0v) is 14.2. The van der Waals surface area contributed by atoms with E-state index in [4.69, 9.17) is 10.8 Å². The number of nitrogens with zero attached hydrogens (tertiary/aromatic N) is 3. The fraction of sp³-hybridized carbons (Fsp3) is 0.588. The van der Waals surface area contributed by atoms with E-state index in [0.29, 0.717) is 0 Å². The van der Waals surface area contributed by atoms with Crippen molar-refractivity contribution in [3.8, 4) is 0 Å². The zero-order chi connectivity index (χ0) is 14.7. The molecule has 0 radical (unpaired) electrons. The number of halogens is 1. The number of para-hydroxylation sites is 1. The van der Waals surface area contributed by atoms with E-state index in [1.807, 2.05) is 0 Å². The van der Waals surface area contributed by atoms with Crippen LogP contribution in [-0.4, -0.2) is 34.3 Å². The average molecular weight is 323 g/mol. The molecule has 1 aliphatic heterocycles. The average Bonchev–Trinajstić information content (AvgIpc) is 2.86. The summed E-state index contributed by atoms with van der Waals surface area (Å²) < 4.78 is 2.12. The Morgan fingerprint density at radius 1 is 1.32 bits per heavy atom. The van der Waals surface area contributed by atoms with Gasteiger partial charge in [0.1, 0.15) is 0 Å². The van der Waals surface area contributed by atoms with Crippen LogP contribution in [0.4, 0.5) is 0 Å². The second-order valence-corrected chi connectivity index (χ2v) is 6.10. The molecule has 0 saturated carbocycles. The summed E-state index contributed by atoms with van der Waals surface area (Å²) in [4.78, 5) is 2.55. The van der Waals surface area contributed by atoms with Crippen LogP contribution in [0.5, 0.6) is 0 Å². The molecule has 22 heavy (non-hydrogen) atoms. The molecular weight excluding hydrogens is 296 g/mol. The number of nitrogens with two attached hydrogens (primary N) is 1. The number of benzene rings is 1. The highest BCUT2D eigenvalue weighted by molar-refractivity contribution is 5.85. The van der Waals surface area contributed by atoms with E-state index in [2.05, 4.69) is 40.8 Å². The summed E-state index contributed by atoms with van der Waals surface area (Å²) in [5.74, 6) is 0.767. The number of fused-ring (bicyclic) bond motifs is 1. The summed E-state index contributed by atoms with van der Waals surface area (Å²) in [5, 5.41) is 6.13. The lowest BCUT2D eigenvalue weighted by Gasteiger charge is -2.32. The molecule has 4 nitrogen and oxygen atoms in total. The van der Waals surface area contributed by atoms with Crippen molar-refractivity contribution >= 4 is 23.3 Å². The van der Waals surface area contributed by atoms with E-state index in [1.54, 1.807) is 0 Å². The van der Waals surface area contributed by atoms with Gasteiger partial charge >= 0.3 is 0 Å². The van der Waals surface area contributed by atoms with Gasteiger partial charge in [0, 0.05) is 25.0 Å². The Morgan fingerprint density at radius 2 is 2.14 bits per heavy atom. The van der Waals surface area contributed by atoms with Crippen LogP contribution in [0.3, 0.4) is 0 Å². The molecular formula is C17H27ClN4. The summed E-state index contributed by atoms with van der Waals surface area (Å²) >= 11 is 0. The number of hydrogen-bond acceptors (Lipinski definition) is 3. The maximum atomic E-state index is 5.72.